The molecule has 1 aliphatic rings. The number of rotatable bonds is 3. The van der Waals surface area contributed by atoms with Gasteiger partial charge in [-0.05, 0) is 42.8 Å². The maximum absolute atomic E-state index is 12.0. The smallest absolute Gasteiger partial charge is 0.312 e. The number of carbonyl (C=O) groups excluding carboxylic acids is 2. The number of anilines is 3. The van der Waals surface area contributed by atoms with Gasteiger partial charge in [0.1, 0.15) is 0 Å². The summed E-state index contributed by atoms with van der Waals surface area (Å²) >= 11 is 6.00. The fourth-order valence-corrected chi connectivity index (χ4v) is 2.68. The molecule has 3 rings (SSSR count). The van der Waals surface area contributed by atoms with Gasteiger partial charge in [0.2, 0.25) is 5.91 Å². The van der Waals surface area contributed by atoms with Crippen molar-refractivity contribution in [2.24, 2.45) is 0 Å². The predicted molar refractivity (Wildman–Crippen MR) is 92.1 cm³/mol. The number of amides is 3. The highest BCUT2D eigenvalue weighted by molar-refractivity contribution is 6.33. The van der Waals surface area contributed by atoms with Crippen LogP contribution in [0.3, 0.4) is 0 Å². The number of benzene rings is 2. The number of urea groups is 1. The molecule has 1 aliphatic heterocycles. The summed E-state index contributed by atoms with van der Waals surface area (Å²) in [4.78, 5) is 25.4. The van der Waals surface area contributed by atoms with E-state index in [-0.39, 0.29) is 11.9 Å². The molecule has 23 heavy (non-hydrogen) atoms. The van der Waals surface area contributed by atoms with Crippen LogP contribution < -0.4 is 15.5 Å². The van der Waals surface area contributed by atoms with Crippen molar-refractivity contribution in [3.8, 4) is 0 Å². The van der Waals surface area contributed by atoms with E-state index in [2.05, 4.69) is 10.6 Å². The molecule has 1 heterocycles. The SMILES string of the molecule is O=C(Nc1ccc(N2CCCC2=O)cc1)Nc1ccccc1Cl. The van der Waals surface area contributed by atoms with Crippen LogP contribution in [0.15, 0.2) is 48.5 Å². The first-order chi connectivity index (χ1) is 11.1. The van der Waals surface area contributed by atoms with Gasteiger partial charge in [-0.2, -0.15) is 0 Å². The summed E-state index contributed by atoms with van der Waals surface area (Å²) in [6.45, 7) is 0.749. The average Bonchev–Trinajstić information content (AvgIpc) is 2.96. The Bertz CT molecular complexity index is 731. The van der Waals surface area contributed by atoms with Crippen molar-refractivity contribution in [3.05, 3.63) is 53.6 Å². The van der Waals surface area contributed by atoms with Gasteiger partial charge in [0.05, 0.1) is 10.7 Å². The second kappa shape index (κ2) is 6.71. The van der Waals surface area contributed by atoms with Gasteiger partial charge in [0, 0.05) is 24.3 Å². The normalized spacial score (nSPS) is 14.0. The molecule has 2 N–H and O–H groups in total. The fourth-order valence-electron chi connectivity index (χ4n) is 2.49. The number of halogens is 1. The number of nitrogens with one attached hydrogen (secondary N) is 2. The minimum atomic E-state index is -0.372. The van der Waals surface area contributed by atoms with Crippen molar-refractivity contribution in [3.63, 3.8) is 0 Å². The van der Waals surface area contributed by atoms with Crippen molar-refractivity contribution in [1.29, 1.82) is 0 Å². The van der Waals surface area contributed by atoms with Crippen LogP contribution in [0.1, 0.15) is 12.8 Å². The van der Waals surface area contributed by atoms with Crippen LogP contribution in [-0.2, 0) is 4.79 Å². The van der Waals surface area contributed by atoms with E-state index in [0.717, 1.165) is 18.7 Å². The molecule has 0 spiro atoms. The molecule has 1 fully saturated rings. The van der Waals surface area contributed by atoms with Crippen molar-refractivity contribution in [1.82, 2.24) is 0 Å². The molecule has 6 heteroatoms. The van der Waals surface area contributed by atoms with E-state index >= 15 is 0 Å². The molecule has 2 aromatic carbocycles. The van der Waals surface area contributed by atoms with Crippen molar-refractivity contribution < 1.29 is 9.59 Å². The molecule has 0 atom stereocenters. The Balaban J connectivity index is 1.63. The Morgan fingerprint density at radius 1 is 1.04 bits per heavy atom. The lowest BCUT2D eigenvalue weighted by atomic mass is 10.2. The summed E-state index contributed by atoms with van der Waals surface area (Å²) < 4.78 is 0. The third-order valence-electron chi connectivity index (χ3n) is 3.63. The molecule has 0 radical (unpaired) electrons. The molecule has 0 bridgehead atoms. The molecule has 0 aromatic heterocycles. The van der Waals surface area contributed by atoms with Crippen molar-refractivity contribution >= 4 is 40.6 Å². The monoisotopic (exact) mass is 329 g/mol. The summed E-state index contributed by atoms with van der Waals surface area (Å²) in [6.07, 6.45) is 1.49. The Morgan fingerprint density at radius 3 is 2.43 bits per heavy atom. The number of para-hydroxylation sites is 1. The van der Waals surface area contributed by atoms with Gasteiger partial charge in [-0.3, -0.25) is 4.79 Å². The topological polar surface area (TPSA) is 61.4 Å². The zero-order valence-electron chi connectivity index (χ0n) is 12.4. The van der Waals surface area contributed by atoms with Crippen molar-refractivity contribution in [2.45, 2.75) is 12.8 Å². The second-order valence-electron chi connectivity index (χ2n) is 5.25. The molecule has 118 valence electrons. The molecule has 0 saturated carbocycles. The third-order valence-corrected chi connectivity index (χ3v) is 3.96. The van der Waals surface area contributed by atoms with E-state index in [9.17, 15) is 9.59 Å². The van der Waals surface area contributed by atoms with Gasteiger partial charge in [-0.15, -0.1) is 0 Å². The van der Waals surface area contributed by atoms with Crippen LogP contribution in [0.25, 0.3) is 0 Å². The lowest BCUT2D eigenvalue weighted by molar-refractivity contribution is -0.117. The first-order valence-corrected chi connectivity index (χ1v) is 7.74. The maximum Gasteiger partial charge on any atom is 0.323 e. The summed E-state index contributed by atoms with van der Waals surface area (Å²) in [7, 11) is 0. The molecule has 1 saturated heterocycles. The largest absolute Gasteiger partial charge is 0.323 e. The molecule has 5 nitrogen and oxygen atoms in total. The summed E-state index contributed by atoms with van der Waals surface area (Å²) in [5.41, 5.74) is 2.04. The summed E-state index contributed by atoms with van der Waals surface area (Å²) in [5.74, 6) is 0.141. The molecule has 2 aromatic rings. The Morgan fingerprint density at radius 2 is 1.78 bits per heavy atom. The van der Waals surface area contributed by atoms with Gasteiger partial charge < -0.3 is 15.5 Å². The van der Waals surface area contributed by atoms with E-state index in [4.69, 9.17) is 11.6 Å². The Labute approximate surface area is 139 Å². The minimum Gasteiger partial charge on any atom is -0.312 e. The van der Waals surface area contributed by atoms with Crippen LogP contribution >= 0.6 is 11.6 Å². The standard InChI is InChI=1S/C17H16ClN3O2/c18-14-4-1-2-5-15(14)20-17(23)19-12-7-9-13(10-8-12)21-11-3-6-16(21)22/h1-2,4-5,7-10H,3,6,11H2,(H2,19,20,23). The van der Waals surface area contributed by atoms with Gasteiger partial charge in [0.25, 0.3) is 0 Å². The summed E-state index contributed by atoms with van der Waals surface area (Å²) in [5, 5.41) is 5.90. The highest BCUT2D eigenvalue weighted by atomic mass is 35.5. The van der Waals surface area contributed by atoms with Crippen LogP contribution in [0.4, 0.5) is 21.9 Å². The van der Waals surface area contributed by atoms with Gasteiger partial charge in [0.15, 0.2) is 0 Å². The quantitative estimate of drug-likeness (QED) is 0.890. The third kappa shape index (κ3) is 3.63. The minimum absolute atomic E-state index is 0.141. The first kappa shape index (κ1) is 15.4. The lowest BCUT2D eigenvalue weighted by Gasteiger charge is -2.16. The van der Waals surface area contributed by atoms with Crippen LogP contribution in [0, 0.1) is 0 Å². The van der Waals surface area contributed by atoms with Crippen LogP contribution in [0.2, 0.25) is 5.02 Å². The molecular formula is C17H16ClN3O2. The van der Waals surface area contributed by atoms with Crippen LogP contribution in [-0.4, -0.2) is 18.5 Å². The Hall–Kier alpha value is -2.53. The van der Waals surface area contributed by atoms with E-state index in [1.165, 1.54) is 0 Å². The number of hydrogen-bond donors (Lipinski definition) is 2. The van der Waals surface area contributed by atoms with Crippen molar-refractivity contribution in [2.75, 3.05) is 22.1 Å². The van der Waals surface area contributed by atoms with E-state index in [1.807, 2.05) is 12.1 Å². The van der Waals surface area contributed by atoms with Gasteiger partial charge in [-0.1, -0.05) is 23.7 Å². The molecule has 0 aliphatic carbocycles. The van der Waals surface area contributed by atoms with E-state index < -0.39 is 0 Å². The Kier molecular flexibility index (Phi) is 4.48. The molecule has 0 unspecified atom stereocenters. The second-order valence-corrected chi connectivity index (χ2v) is 5.66. The van der Waals surface area contributed by atoms with Crippen LogP contribution in [0.5, 0.6) is 0 Å². The maximum atomic E-state index is 12.0. The van der Waals surface area contributed by atoms with Gasteiger partial charge in [-0.25, -0.2) is 4.79 Å². The highest BCUT2D eigenvalue weighted by Crippen LogP contribution is 2.24. The first-order valence-electron chi connectivity index (χ1n) is 7.36. The number of carbonyl (C=O) groups is 2. The zero-order chi connectivity index (χ0) is 16.2. The van der Waals surface area contributed by atoms with E-state index in [0.29, 0.717) is 22.8 Å². The molecule has 3 amide bonds. The average molecular weight is 330 g/mol. The highest BCUT2D eigenvalue weighted by Gasteiger charge is 2.21. The fraction of sp³-hybridized carbons (Fsp3) is 0.176. The zero-order valence-corrected chi connectivity index (χ0v) is 13.1. The number of hydrogen-bond acceptors (Lipinski definition) is 2. The lowest BCUT2D eigenvalue weighted by Crippen LogP contribution is -2.23. The predicted octanol–water partition coefficient (Wildman–Crippen LogP) is 4.11. The van der Waals surface area contributed by atoms with Gasteiger partial charge >= 0.3 is 6.03 Å². The number of nitrogens with zero attached hydrogens (tertiary/aromatic N) is 1. The summed E-state index contributed by atoms with van der Waals surface area (Å²) in [6, 6.07) is 13.8. The van der Waals surface area contributed by atoms with E-state index in [1.54, 1.807) is 41.3 Å². The molecular weight excluding hydrogens is 314 g/mol.